The molecule has 1 N–H and O–H groups in total. The molecule has 6 nitrogen and oxygen atoms in total. The Bertz CT molecular complexity index is 948. The highest BCUT2D eigenvalue weighted by Gasteiger charge is 2.29. The lowest BCUT2D eigenvalue weighted by Crippen LogP contribution is -2.45. The van der Waals surface area contributed by atoms with E-state index < -0.39 is 0 Å². The van der Waals surface area contributed by atoms with Gasteiger partial charge in [-0.15, -0.1) is 10.2 Å². The Hall–Kier alpha value is -2.80. The molecule has 0 saturated carbocycles. The van der Waals surface area contributed by atoms with Crippen molar-refractivity contribution < 1.29 is 9.18 Å². The molecule has 1 aliphatic heterocycles. The minimum atomic E-state index is -0.359. The van der Waals surface area contributed by atoms with Gasteiger partial charge in [-0.05, 0) is 63.2 Å². The molecule has 27 heavy (non-hydrogen) atoms. The van der Waals surface area contributed by atoms with Crippen LogP contribution >= 0.6 is 0 Å². The lowest BCUT2D eigenvalue weighted by molar-refractivity contribution is -0.121. The Morgan fingerprint density at radius 2 is 2.00 bits per heavy atom. The molecule has 1 fully saturated rings. The summed E-state index contributed by atoms with van der Waals surface area (Å²) in [5.74, 6) is 0.841. The number of aromatic nitrogens is 3. The van der Waals surface area contributed by atoms with E-state index in [-0.39, 0.29) is 17.8 Å². The molecular formula is C20H22FN5O. The van der Waals surface area contributed by atoms with E-state index in [2.05, 4.69) is 20.4 Å². The molecule has 1 aromatic carbocycles. The van der Waals surface area contributed by atoms with Gasteiger partial charge in [0.05, 0.1) is 6.04 Å². The van der Waals surface area contributed by atoms with E-state index >= 15 is 0 Å². The molecule has 0 radical (unpaired) electrons. The van der Waals surface area contributed by atoms with Crippen LogP contribution in [0.5, 0.6) is 0 Å². The number of likely N-dealkylation sites (tertiary alicyclic amines) is 1. The molecule has 1 atom stereocenters. The van der Waals surface area contributed by atoms with Crippen molar-refractivity contribution in [2.24, 2.45) is 0 Å². The number of amides is 1. The number of carbonyl (C=O) groups excluding carboxylic acids is 1. The third kappa shape index (κ3) is 3.68. The second kappa shape index (κ2) is 7.44. The molecule has 3 heterocycles. The maximum atomic E-state index is 13.3. The summed E-state index contributed by atoms with van der Waals surface area (Å²) in [6.07, 6.45) is 3.84. The van der Waals surface area contributed by atoms with Crippen LogP contribution in [0.4, 0.5) is 10.1 Å². The van der Waals surface area contributed by atoms with Crippen LogP contribution in [-0.4, -0.2) is 44.5 Å². The Labute approximate surface area is 157 Å². The molecule has 1 amide bonds. The second-order valence-electron chi connectivity index (χ2n) is 6.97. The number of nitrogens with zero attached hydrogens (tertiary/aromatic N) is 4. The number of halogens is 1. The van der Waals surface area contributed by atoms with Crippen molar-refractivity contribution >= 4 is 17.2 Å². The van der Waals surface area contributed by atoms with E-state index in [0.29, 0.717) is 11.6 Å². The van der Waals surface area contributed by atoms with Crippen LogP contribution in [-0.2, 0) is 4.79 Å². The van der Waals surface area contributed by atoms with Gasteiger partial charge in [0, 0.05) is 17.8 Å². The first kappa shape index (κ1) is 17.6. The summed E-state index contributed by atoms with van der Waals surface area (Å²) in [5, 5.41) is 11.4. The van der Waals surface area contributed by atoms with Crippen molar-refractivity contribution in [3.8, 4) is 0 Å². The predicted molar refractivity (Wildman–Crippen MR) is 101 cm³/mol. The zero-order valence-corrected chi connectivity index (χ0v) is 15.2. The summed E-state index contributed by atoms with van der Waals surface area (Å²) >= 11 is 0. The van der Waals surface area contributed by atoms with Crippen LogP contribution in [0.25, 0.3) is 5.65 Å². The summed E-state index contributed by atoms with van der Waals surface area (Å²) in [4.78, 5) is 14.7. The van der Waals surface area contributed by atoms with E-state index in [0.717, 1.165) is 37.4 Å². The highest BCUT2D eigenvalue weighted by molar-refractivity contribution is 5.94. The van der Waals surface area contributed by atoms with Gasteiger partial charge in [0.2, 0.25) is 5.91 Å². The van der Waals surface area contributed by atoms with E-state index in [9.17, 15) is 9.18 Å². The molecule has 140 valence electrons. The number of pyridine rings is 1. The predicted octanol–water partition coefficient (Wildman–Crippen LogP) is 3.08. The quantitative estimate of drug-likeness (QED) is 0.770. The Morgan fingerprint density at radius 1 is 1.19 bits per heavy atom. The van der Waals surface area contributed by atoms with E-state index in [1.54, 1.807) is 12.1 Å². The smallest absolute Gasteiger partial charge is 0.241 e. The summed E-state index contributed by atoms with van der Waals surface area (Å²) < 4.78 is 15.3. The number of benzene rings is 1. The molecule has 7 heteroatoms. The van der Waals surface area contributed by atoms with E-state index in [1.807, 2.05) is 35.7 Å². The third-order valence-electron chi connectivity index (χ3n) is 5.25. The normalized spacial score (nSPS) is 17.1. The zero-order chi connectivity index (χ0) is 18.8. The monoisotopic (exact) mass is 367 g/mol. The average molecular weight is 367 g/mol. The van der Waals surface area contributed by atoms with Gasteiger partial charge in [0.15, 0.2) is 5.65 Å². The van der Waals surface area contributed by atoms with Gasteiger partial charge in [-0.2, -0.15) is 0 Å². The van der Waals surface area contributed by atoms with Crippen molar-refractivity contribution in [3.05, 3.63) is 60.3 Å². The number of piperidine rings is 1. The molecule has 0 spiro atoms. The Morgan fingerprint density at radius 3 is 2.78 bits per heavy atom. The van der Waals surface area contributed by atoms with Gasteiger partial charge in [0.25, 0.3) is 0 Å². The van der Waals surface area contributed by atoms with Gasteiger partial charge in [-0.1, -0.05) is 12.1 Å². The van der Waals surface area contributed by atoms with Crippen molar-refractivity contribution in [1.82, 2.24) is 19.5 Å². The molecule has 2 aromatic heterocycles. The van der Waals surface area contributed by atoms with Crippen LogP contribution < -0.4 is 5.32 Å². The first-order chi connectivity index (χ1) is 13.1. The van der Waals surface area contributed by atoms with Crippen LogP contribution in [0.15, 0.2) is 48.7 Å². The first-order valence-electron chi connectivity index (χ1n) is 9.22. The molecule has 3 aromatic rings. The summed E-state index contributed by atoms with van der Waals surface area (Å²) in [6.45, 7) is 3.51. The number of rotatable bonds is 4. The van der Waals surface area contributed by atoms with Gasteiger partial charge < -0.3 is 5.32 Å². The maximum Gasteiger partial charge on any atom is 0.241 e. The number of nitrogens with one attached hydrogen (secondary N) is 1. The average Bonchev–Trinajstić information content (AvgIpc) is 3.12. The van der Waals surface area contributed by atoms with Crippen LogP contribution in [0, 0.1) is 5.82 Å². The lowest BCUT2D eigenvalue weighted by Gasteiger charge is -2.34. The van der Waals surface area contributed by atoms with Gasteiger partial charge in [-0.25, -0.2) is 4.39 Å². The van der Waals surface area contributed by atoms with Gasteiger partial charge in [0.1, 0.15) is 11.6 Å². The SMILES string of the molecule is C[C@@H](C(=O)Nc1cccc(F)c1)N1CCC(c2nnc3ccccn23)CC1. The van der Waals surface area contributed by atoms with E-state index in [1.165, 1.54) is 12.1 Å². The van der Waals surface area contributed by atoms with Crippen molar-refractivity contribution in [3.63, 3.8) is 0 Å². The number of fused-ring (bicyclic) bond motifs is 1. The second-order valence-corrected chi connectivity index (χ2v) is 6.97. The highest BCUT2D eigenvalue weighted by Crippen LogP contribution is 2.28. The number of carbonyl (C=O) groups is 1. The first-order valence-corrected chi connectivity index (χ1v) is 9.22. The summed E-state index contributed by atoms with van der Waals surface area (Å²) in [7, 11) is 0. The number of hydrogen-bond donors (Lipinski definition) is 1. The summed E-state index contributed by atoms with van der Waals surface area (Å²) in [5.41, 5.74) is 1.34. The molecule has 1 aliphatic rings. The Balaban J connectivity index is 1.37. The highest BCUT2D eigenvalue weighted by atomic mass is 19.1. The van der Waals surface area contributed by atoms with Crippen molar-refractivity contribution in [1.29, 1.82) is 0 Å². The Kier molecular flexibility index (Phi) is 4.85. The maximum absolute atomic E-state index is 13.3. The fourth-order valence-electron chi connectivity index (χ4n) is 3.66. The van der Waals surface area contributed by atoms with Crippen LogP contribution in [0.1, 0.15) is 31.5 Å². The van der Waals surface area contributed by atoms with Crippen molar-refractivity contribution in [2.75, 3.05) is 18.4 Å². The lowest BCUT2D eigenvalue weighted by atomic mass is 9.95. The van der Waals surface area contributed by atoms with E-state index in [4.69, 9.17) is 0 Å². The largest absolute Gasteiger partial charge is 0.325 e. The molecule has 0 unspecified atom stereocenters. The standard InChI is InChI=1S/C20H22FN5O/c1-14(20(27)22-17-6-4-5-16(21)13-17)25-11-8-15(9-12-25)19-24-23-18-7-2-3-10-26(18)19/h2-7,10,13-15H,8-9,11-12H2,1H3,(H,22,27)/t14-/m0/s1. The third-order valence-corrected chi connectivity index (χ3v) is 5.25. The van der Waals surface area contributed by atoms with Crippen LogP contribution in [0.3, 0.4) is 0 Å². The van der Waals surface area contributed by atoms with Gasteiger partial charge >= 0.3 is 0 Å². The van der Waals surface area contributed by atoms with Gasteiger partial charge in [-0.3, -0.25) is 14.1 Å². The fraction of sp³-hybridized carbons (Fsp3) is 0.350. The molecule has 1 saturated heterocycles. The number of hydrogen-bond acceptors (Lipinski definition) is 4. The topological polar surface area (TPSA) is 62.5 Å². The number of anilines is 1. The molecule has 4 rings (SSSR count). The minimum Gasteiger partial charge on any atom is -0.325 e. The van der Waals surface area contributed by atoms with Crippen molar-refractivity contribution in [2.45, 2.75) is 31.7 Å². The molecule has 0 aliphatic carbocycles. The molecular weight excluding hydrogens is 345 g/mol. The summed E-state index contributed by atoms with van der Waals surface area (Å²) in [6, 6.07) is 11.6. The van der Waals surface area contributed by atoms with Crippen LogP contribution in [0.2, 0.25) is 0 Å². The minimum absolute atomic E-state index is 0.119. The fourth-order valence-corrected chi connectivity index (χ4v) is 3.66. The zero-order valence-electron chi connectivity index (χ0n) is 15.2. The molecule has 0 bridgehead atoms.